The van der Waals surface area contributed by atoms with E-state index >= 15 is 0 Å². The Morgan fingerprint density at radius 1 is 1.11 bits per heavy atom. The van der Waals surface area contributed by atoms with Crippen LogP contribution in [0.4, 0.5) is 0 Å². The largest absolute Gasteiger partial charge is 0.426 e. The Balaban J connectivity index is 2.56. The van der Waals surface area contributed by atoms with Crippen LogP contribution in [0, 0.1) is 0 Å². The van der Waals surface area contributed by atoms with Gasteiger partial charge in [-0.3, -0.25) is 4.79 Å². The molecule has 0 saturated carbocycles. The van der Waals surface area contributed by atoms with Gasteiger partial charge in [0.15, 0.2) is 0 Å². The van der Waals surface area contributed by atoms with Crippen LogP contribution in [0.1, 0.15) is 12.5 Å². The van der Waals surface area contributed by atoms with E-state index in [0.717, 1.165) is 11.1 Å². The van der Waals surface area contributed by atoms with Gasteiger partial charge in [0.1, 0.15) is 5.75 Å². The average molecular weight is 242 g/mol. The molecule has 0 atom stereocenters. The number of esters is 1. The highest BCUT2D eigenvalue weighted by Crippen LogP contribution is 2.33. The van der Waals surface area contributed by atoms with Gasteiger partial charge in [-0.1, -0.05) is 48.5 Å². The van der Waals surface area contributed by atoms with Crippen molar-refractivity contribution in [2.45, 2.75) is 13.5 Å². The summed E-state index contributed by atoms with van der Waals surface area (Å²) in [6.45, 7) is 1.19. The van der Waals surface area contributed by atoms with Gasteiger partial charge in [-0.25, -0.2) is 0 Å². The van der Waals surface area contributed by atoms with E-state index in [1.165, 1.54) is 6.92 Å². The fraction of sp³-hybridized carbons (Fsp3) is 0.133. The number of para-hydroxylation sites is 1. The lowest BCUT2D eigenvalue weighted by molar-refractivity contribution is -0.131. The number of hydrogen-bond acceptors (Lipinski definition) is 3. The number of benzene rings is 2. The van der Waals surface area contributed by atoms with E-state index in [1.807, 2.05) is 42.5 Å². The monoisotopic (exact) mass is 242 g/mol. The first kappa shape index (κ1) is 12.3. The quantitative estimate of drug-likeness (QED) is 0.665. The minimum Gasteiger partial charge on any atom is -0.426 e. The summed E-state index contributed by atoms with van der Waals surface area (Å²) in [5.41, 5.74) is 2.35. The van der Waals surface area contributed by atoms with Crippen molar-refractivity contribution in [1.29, 1.82) is 0 Å². The predicted molar refractivity (Wildman–Crippen MR) is 69.1 cm³/mol. The zero-order valence-corrected chi connectivity index (χ0v) is 10.1. The van der Waals surface area contributed by atoms with E-state index in [1.54, 1.807) is 6.07 Å². The Bertz CT molecular complexity index is 547. The second kappa shape index (κ2) is 5.47. The Hall–Kier alpha value is -2.13. The molecule has 0 aliphatic carbocycles. The maximum Gasteiger partial charge on any atom is 0.308 e. The third kappa shape index (κ3) is 2.57. The topological polar surface area (TPSA) is 46.5 Å². The molecule has 0 fully saturated rings. The molecule has 0 radical (unpaired) electrons. The SMILES string of the molecule is CC(=O)Oc1c(CO)cccc1-c1ccccc1. The number of aliphatic hydroxyl groups excluding tert-OH is 1. The van der Waals surface area contributed by atoms with Crippen molar-refractivity contribution in [2.24, 2.45) is 0 Å². The Morgan fingerprint density at radius 3 is 2.44 bits per heavy atom. The van der Waals surface area contributed by atoms with Gasteiger partial charge < -0.3 is 9.84 Å². The summed E-state index contributed by atoms with van der Waals surface area (Å²) < 4.78 is 5.22. The fourth-order valence-electron chi connectivity index (χ4n) is 1.82. The molecular formula is C15H14O3. The summed E-state index contributed by atoms with van der Waals surface area (Å²) in [6.07, 6.45) is 0. The molecule has 0 unspecified atom stereocenters. The molecule has 1 N–H and O–H groups in total. The molecule has 18 heavy (non-hydrogen) atoms. The lowest BCUT2D eigenvalue weighted by atomic mass is 10.0. The van der Waals surface area contributed by atoms with Crippen LogP contribution in [-0.4, -0.2) is 11.1 Å². The highest BCUT2D eigenvalue weighted by Gasteiger charge is 2.12. The molecule has 2 aromatic rings. The number of hydrogen-bond donors (Lipinski definition) is 1. The van der Waals surface area contributed by atoms with Crippen LogP contribution >= 0.6 is 0 Å². The molecule has 0 aliphatic heterocycles. The van der Waals surface area contributed by atoms with Gasteiger partial charge in [0.05, 0.1) is 6.61 Å². The molecule has 0 spiro atoms. The van der Waals surface area contributed by atoms with Gasteiger partial charge in [0.25, 0.3) is 0 Å². The van der Waals surface area contributed by atoms with E-state index in [-0.39, 0.29) is 6.61 Å². The molecule has 2 aromatic carbocycles. The zero-order chi connectivity index (χ0) is 13.0. The second-order valence-corrected chi connectivity index (χ2v) is 3.91. The van der Waals surface area contributed by atoms with E-state index in [0.29, 0.717) is 11.3 Å². The number of carbonyl (C=O) groups excluding carboxylic acids is 1. The molecular weight excluding hydrogens is 228 g/mol. The van der Waals surface area contributed by atoms with Crippen LogP contribution in [0.2, 0.25) is 0 Å². The minimum atomic E-state index is -0.395. The van der Waals surface area contributed by atoms with Gasteiger partial charge >= 0.3 is 5.97 Å². The molecule has 3 heteroatoms. The van der Waals surface area contributed by atoms with Crippen molar-refractivity contribution in [3.63, 3.8) is 0 Å². The summed E-state index contributed by atoms with van der Waals surface area (Å²) in [5.74, 6) is 0.0341. The lowest BCUT2D eigenvalue weighted by Gasteiger charge is -2.12. The minimum absolute atomic E-state index is 0.163. The maximum atomic E-state index is 11.2. The Morgan fingerprint density at radius 2 is 1.83 bits per heavy atom. The molecule has 0 heterocycles. The smallest absolute Gasteiger partial charge is 0.308 e. The molecule has 92 valence electrons. The first-order valence-electron chi connectivity index (χ1n) is 5.69. The summed E-state index contributed by atoms with van der Waals surface area (Å²) in [4.78, 5) is 11.2. The Kier molecular flexibility index (Phi) is 3.75. The van der Waals surface area contributed by atoms with Crippen LogP contribution in [0.5, 0.6) is 5.75 Å². The highest BCUT2D eigenvalue weighted by atomic mass is 16.5. The molecule has 2 rings (SSSR count). The van der Waals surface area contributed by atoms with Gasteiger partial charge in [0, 0.05) is 18.1 Å². The standard InChI is InChI=1S/C15H14O3/c1-11(17)18-15-13(10-16)8-5-9-14(15)12-6-3-2-4-7-12/h2-9,16H,10H2,1H3. The van der Waals surface area contributed by atoms with Gasteiger partial charge in [-0.05, 0) is 5.56 Å². The summed E-state index contributed by atoms with van der Waals surface area (Å²) >= 11 is 0. The molecule has 3 nitrogen and oxygen atoms in total. The van der Waals surface area contributed by atoms with Crippen LogP contribution in [-0.2, 0) is 11.4 Å². The zero-order valence-electron chi connectivity index (χ0n) is 10.1. The van der Waals surface area contributed by atoms with E-state index in [2.05, 4.69) is 0 Å². The summed E-state index contributed by atoms with van der Waals surface area (Å²) in [5, 5.41) is 9.31. The van der Waals surface area contributed by atoms with Gasteiger partial charge in [0.2, 0.25) is 0 Å². The van der Waals surface area contributed by atoms with Crippen molar-refractivity contribution in [3.8, 4) is 16.9 Å². The van der Waals surface area contributed by atoms with E-state index in [9.17, 15) is 9.90 Å². The summed E-state index contributed by atoms with van der Waals surface area (Å²) in [6, 6.07) is 15.1. The molecule has 0 saturated heterocycles. The first-order chi connectivity index (χ1) is 8.72. The van der Waals surface area contributed by atoms with Gasteiger partial charge in [-0.15, -0.1) is 0 Å². The number of rotatable bonds is 3. The molecule has 0 amide bonds. The number of ether oxygens (including phenoxy) is 1. The number of carbonyl (C=O) groups is 1. The molecule has 0 aliphatic rings. The Labute approximate surface area is 106 Å². The fourth-order valence-corrected chi connectivity index (χ4v) is 1.82. The third-order valence-corrected chi connectivity index (χ3v) is 2.60. The van der Waals surface area contributed by atoms with Crippen LogP contribution in [0.3, 0.4) is 0 Å². The molecule has 0 bridgehead atoms. The van der Waals surface area contributed by atoms with Crippen molar-refractivity contribution >= 4 is 5.97 Å². The average Bonchev–Trinajstić information content (AvgIpc) is 2.39. The lowest BCUT2D eigenvalue weighted by Crippen LogP contribution is -2.05. The molecule has 0 aromatic heterocycles. The normalized spacial score (nSPS) is 10.1. The van der Waals surface area contributed by atoms with Crippen molar-refractivity contribution in [3.05, 3.63) is 54.1 Å². The third-order valence-electron chi connectivity index (χ3n) is 2.60. The first-order valence-corrected chi connectivity index (χ1v) is 5.69. The van der Waals surface area contributed by atoms with E-state index < -0.39 is 5.97 Å². The maximum absolute atomic E-state index is 11.2. The van der Waals surface area contributed by atoms with Crippen molar-refractivity contribution < 1.29 is 14.6 Å². The predicted octanol–water partition coefficient (Wildman–Crippen LogP) is 2.77. The number of aliphatic hydroxyl groups is 1. The van der Waals surface area contributed by atoms with Gasteiger partial charge in [-0.2, -0.15) is 0 Å². The highest BCUT2D eigenvalue weighted by molar-refractivity contribution is 5.78. The van der Waals surface area contributed by atoms with Crippen LogP contribution < -0.4 is 4.74 Å². The van der Waals surface area contributed by atoms with Crippen LogP contribution in [0.25, 0.3) is 11.1 Å². The van der Waals surface area contributed by atoms with Crippen molar-refractivity contribution in [2.75, 3.05) is 0 Å². The second-order valence-electron chi connectivity index (χ2n) is 3.91. The van der Waals surface area contributed by atoms with E-state index in [4.69, 9.17) is 4.74 Å². The van der Waals surface area contributed by atoms with Crippen molar-refractivity contribution in [1.82, 2.24) is 0 Å². The summed E-state index contributed by atoms with van der Waals surface area (Å²) in [7, 11) is 0. The van der Waals surface area contributed by atoms with Crippen LogP contribution in [0.15, 0.2) is 48.5 Å².